The van der Waals surface area contributed by atoms with Gasteiger partial charge in [0.15, 0.2) is 0 Å². The SMILES string of the molecule is O=C(CCC1CCCC1)NCC(=O)NCC(=O)NCC1CC1. The van der Waals surface area contributed by atoms with Gasteiger partial charge < -0.3 is 16.0 Å². The molecule has 0 heterocycles. The van der Waals surface area contributed by atoms with Crippen molar-refractivity contribution in [3.63, 3.8) is 0 Å². The Kier molecular flexibility index (Phi) is 6.68. The first-order valence-corrected chi connectivity index (χ1v) is 8.43. The zero-order valence-electron chi connectivity index (χ0n) is 13.2. The topological polar surface area (TPSA) is 87.3 Å². The molecule has 0 aromatic rings. The lowest BCUT2D eigenvalue weighted by atomic mass is 10.0. The van der Waals surface area contributed by atoms with Crippen LogP contribution >= 0.6 is 0 Å². The lowest BCUT2D eigenvalue weighted by Crippen LogP contribution is -2.42. The highest BCUT2D eigenvalue weighted by atomic mass is 16.2. The molecule has 2 rings (SSSR count). The lowest BCUT2D eigenvalue weighted by Gasteiger charge is -2.09. The van der Waals surface area contributed by atoms with E-state index in [9.17, 15) is 14.4 Å². The van der Waals surface area contributed by atoms with Gasteiger partial charge in [0.25, 0.3) is 0 Å². The van der Waals surface area contributed by atoms with Crippen LogP contribution in [0.25, 0.3) is 0 Å². The van der Waals surface area contributed by atoms with Crippen molar-refractivity contribution in [1.82, 2.24) is 16.0 Å². The molecule has 0 radical (unpaired) electrons. The van der Waals surface area contributed by atoms with Crippen molar-refractivity contribution in [2.45, 2.75) is 51.4 Å². The largest absolute Gasteiger partial charge is 0.354 e. The van der Waals surface area contributed by atoms with Gasteiger partial charge in [0.05, 0.1) is 13.1 Å². The van der Waals surface area contributed by atoms with Gasteiger partial charge in [0.1, 0.15) is 0 Å². The van der Waals surface area contributed by atoms with Crippen LogP contribution in [0, 0.1) is 11.8 Å². The average molecular weight is 309 g/mol. The fourth-order valence-corrected chi connectivity index (χ4v) is 2.79. The molecule has 6 nitrogen and oxygen atoms in total. The molecule has 0 aliphatic heterocycles. The van der Waals surface area contributed by atoms with E-state index in [4.69, 9.17) is 0 Å². The zero-order valence-corrected chi connectivity index (χ0v) is 13.2. The highest BCUT2D eigenvalue weighted by Gasteiger charge is 2.21. The van der Waals surface area contributed by atoms with Gasteiger partial charge in [-0.1, -0.05) is 25.7 Å². The van der Waals surface area contributed by atoms with Crippen molar-refractivity contribution in [3.8, 4) is 0 Å². The molecule has 0 unspecified atom stereocenters. The molecule has 0 atom stereocenters. The minimum Gasteiger partial charge on any atom is -0.354 e. The Bertz CT molecular complexity index is 401. The molecule has 3 amide bonds. The maximum Gasteiger partial charge on any atom is 0.239 e. The van der Waals surface area contributed by atoms with Crippen LogP contribution in [0.3, 0.4) is 0 Å². The molecule has 2 aliphatic carbocycles. The van der Waals surface area contributed by atoms with E-state index in [0.717, 1.165) is 6.42 Å². The van der Waals surface area contributed by atoms with E-state index >= 15 is 0 Å². The fraction of sp³-hybridized carbons (Fsp3) is 0.812. The minimum atomic E-state index is -0.323. The van der Waals surface area contributed by atoms with Crippen molar-refractivity contribution < 1.29 is 14.4 Å². The summed E-state index contributed by atoms with van der Waals surface area (Å²) in [4.78, 5) is 34.7. The van der Waals surface area contributed by atoms with Gasteiger partial charge in [-0.15, -0.1) is 0 Å². The Morgan fingerprint density at radius 3 is 1.95 bits per heavy atom. The average Bonchev–Trinajstić information content (AvgIpc) is 3.20. The zero-order chi connectivity index (χ0) is 15.8. The molecule has 0 saturated heterocycles. The van der Waals surface area contributed by atoms with Crippen molar-refractivity contribution in [2.75, 3.05) is 19.6 Å². The van der Waals surface area contributed by atoms with Crippen molar-refractivity contribution in [2.24, 2.45) is 11.8 Å². The van der Waals surface area contributed by atoms with Crippen LogP contribution in [0.5, 0.6) is 0 Å². The van der Waals surface area contributed by atoms with Gasteiger partial charge in [0, 0.05) is 13.0 Å². The molecule has 2 saturated carbocycles. The molecular formula is C16H27N3O3. The summed E-state index contributed by atoms with van der Waals surface area (Å²) in [7, 11) is 0. The molecule has 0 spiro atoms. The summed E-state index contributed by atoms with van der Waals surface area (Å²) in [6.07, 6.45) is 8.76. The van der Waals surface area contributed by atoms with Crippen molar-refractivity contribution >= 4 is 17.7 Å². The van der Waals surface area contributed by atoms with Crippen LogP contribution in [0.2, 0.25) is 0 Å². The van der Waals surface area contributed by atoms with Crippen LogP contribution in [0.4, 0.5) is 0 Å². The molecule has 2 aliphatic rings. The molecule has 3 N–H and O–H groups in total. The number of nitrogens with one attached hydrogen (secondary N) is 3. The van der Waals surface area contributed by atoms with Gasteiger partial charge in [-0.3, -0.25) is 14.4 Å². The highest BCUT2D eigenvalue weighted by molar-refractivity contribution is 5.88. The van der Waals surface area contributed by atoms with Gasteiger partial charge in [-0.25, -0.2) is 0 Å². The molecule has 2 fully saturated rings. The second-order valence-corrected chi connectivity index (χ2v) is 6.49. The Balaban J connectivity index is 1.46. The number of carbonyl (C=O) groups is 3. The quantitative estimate of drug-likeness (QED) is 0.586. The second kappa shape index (κ2) is 8.76. The monoisotopic (exact) mass is 309 g/mol. The van der Waals surface area contributed by atoms with Gasteiger partial charge >= 0.3 is 0 Å². The first-order valence-electron chi connectivity index (χ1n) is 8.43. The number of amides is 3. The molecule has 0 aromatic carbocycles. The summed E-state index contributed by atoms with van der Waals surface area (Å²) < 4.78 is 0. The van der Waals surface area contributed by atoms with E-state index in [1.807, 2.05) is 0 Å². The van der Waals surface area contributed by atoms with E-state index in [2.05, 4.69) is 16.0 Å². The van der Waals surface area contributed by atoms with Crippen LogP contribution < -0.4 is 16.0 Å². The Morgan fingerprint density at radius 2 is 1.32 bits per heavy atom. The second-order valence-electron chi connectivity index (χ2n) is 6.49. The van der Waals surface area contributed by atoms with E-state index in [1.165, 1.54) is 38.5 Å². The number of hydrogen-bond acceptors (Lipinski definition) is 3. The Morgan fingerprint density at radius 1 is 0.727 bits per heavy atom. The smallest absolute Gasteiger partial charge is 0.239 e. The summed E-state index contributed by atoms with van der Waals surface area (Å²) >= 11 is 0. The van der Waals surface area contributed by atoms with Gasteiger partial charge in [-0.2, -0.15) is 0 Å². The van der Waals surface area contributed by atoms with E-state index in [-0.39, 0.29) is 30.8 Å². The summed E-state index contributed by atoms with van der Waals surface area (Å²) in [5.74, 6) is 0.720. The number of rotatable bonds is 9. The third-order valence-electron chi connectivity index (χ3n) is 4.43. The molecule has 0 bridgehead atoms. The summed E-state index contributed by atoms with van der Waals surface area (Å²) in [6, 6.07) is 0. The molecule has 6 heteroatoms. The van der Waals surface area contributed by atoms with Crippen LogP contribution in [-0.4, -0.2) is 37.4 Å². The lowest BCUT2D eigenvalue weighted by molar-refractivity contribution is -0.127. The van der Waals surface area contributed by atoms with E-state index in [1.54, 1.807) is 0 Å². The third-order valence-corrected chi connectivity index (χ3v) is 4.43. The van der Waals surface area contributed by atoms with Crippen LogP contribution in [0.1, 0.15) is 51.4 Å². The van der Waals surface area contributed by atoms with Crippen LogP contribution in [-0.2, 0) is 14.4 Å². The molecule has 22 heavy (non-hydrogen) atoms. The maximum atomic E-state index is 11.7. The van der Waals surface area contributed by atoms with Crippen molar-refractivity contribution in [3.05, 3.63) is 0 Å². The third kappa shape index (κ3) is 6.91. The molecule has 0 aromatic heterocycles. The standard InChI is InChI=1S/C16H27N3O3/c20-14(8-7-12-3-1-2-4-12)18-10-16(22)19-11-15(21)17-9-13-5-6-13/h12-13H,1-11H2,(H,17,21)(H,18,20)(H,19,22). The first-order chi connectivity index (χ1) is 10.6. The Labute approximate surface area is 131 Å². The van der Waals surface area contributed by atoms with E-state index < -0.39 is 0 Å². The van der Waals surface area contributed by atoms with Crippen molar-refractivity contribution in [1.29, 1.82) is 0 Å². The first kappa shape index (κ1) is 16.8. The predicted molar refractivity (Wildman–Crippen MR) is 82.9 cm³/mol. The summed E-state index contributed by atoms with van der Waals surface area (Å²) in [5.41, 5.74) is 0. The summed E-state index contributed by atoms with van der Waals surface area (Å²) in [6.45, 7) is 0.621. The van der Waals surface area contributed by atoms with E-state index in [0.29, 0.717) is 24.8 Å². The normalized spacial score (nSPS) is 18.0. The maximum absolute atomic E-state index is 11.7. The van der Waals surface area contributed by atoms with Crippen LogP contribution in [0.15, 0.2) is 0 Å². The predicted octanol–water partition coefficient (Wildman–Crippen LogP) is 0.715. The highest BCUT2D eigenvalue weighted by Crippen LogP contribution is 2.28. The number of hydrogen-bond donors (Lipinski definition) is 3. The van der Waals surface area contributed by atoms with Gasteiger partial charge in [0.2, 0.25) is 17.7 Å². The summed E-state index contributed by atoms with van der Waals surface area (Å²) in [5, 5.41) is 7.90. The molecule has 124 valence electrons. The number of carbonyl (C=O) groups excluding carboxylic acids is 3. The molecular weight excluding hydrogens is 282 g/mol. The fourth-order valence-electron chi connectivity index (χ4n) is 2.79. The Hall–Kier alpha value is -1.59. The van der Waals surface area contributed by atoms with Gasteiger partial charge in [-0.05, 0) is 31.1 Å². The minimum absolute atomic E-state index is 0.0243.